The van der Waals surface area contributed by atoms with Gasteiger partial charge >= 0.3 is 0 Å². The number of para-hydroxylation sites is 2. The summed E-state index contributed by atoms with van der Waals surface area (Å²) in [4.78, 5) is 5.19. The van der Waals surface area contributed by atoms with Crippen LogP contribution >= 0.6 is 22.7 Å². The van der Waals surface area contributed by atoms with E-state index in [1.165, 1.54) is 22.7 Å². The van der Waals surface area contributed by atoms with Gasteiger partial charge in [-0.25, -0.2) is 0 Å². The summed E-state index contributed by atoms with van der Waals surface area (Å²) < 4.78 is 0. The lowest BCUT2D eigenvalue weighted by Crippen LogP contribution is -2.08. The van der Waals surface area contributed by atoms with Crippen molar-refractivity contribution in [1.29, 1.82) is 31.6 Å². The van der Waals surface area contributed by atoms with Gasteiger partial charge in [-0.15, -0.1) is 22.7 Å². The molecule has 0 aliphatic rings. The molecule has 0 spiro atoms. The van der Waals surface area contributed by atoms with E-state index in [1.54, 1.807) is 12.1 Å². The first-order valence-corrected chi connectivity index (χ1v) is 17.2. The molecule has 0 N–H and O–H groups in total. The van der Waals surface area contributed by atoms with Crippen molar-refractivity contribution in [3.8, 4) is 47.5 Å². The van der Waals surface area contributed by atoms with E-state index in [0.29, 0.717) is 9.75 Å². The van der Waals surface area contributed by atoms with Gasteiger partial charge in [0.05, 0.1) is 11.1 Å². The monoisotopic (exact) mass is 702 g/mol. The van der Waals surface area contributed by atoms with Crippen molar-refractivity contribution in [2.24, 2.45) is 0 Å². The van der Waals surface area contributed by atoms with Gasteiger partial charge in [0.25, 0.3) is 0 Å². The lowest BCUT2D eigenvalue weighted by molar-refractivity contribution is 1.31. The Hall–Kier alpha value is -7.70. The molecule has 0 fully saturated rings. The van der Waals surface area contributed by atoms with E-state index in [4.69, 9.17) is 0 Å². The van der Waals surface area contributed by atoms with Crippen molar-refractivity contribution >= 4 is 66.6 Å². The summed E-state index contributed by atoms with van der Waals surface area (Å²) in [5, 5.41) is 58.5. The topological polar surface area (TPSA) is 149 Å². The summed E-state index contributed by atoms with van der Waals surface area (Å²) in [6, 6.07) is 54.4. The largest absolute Gasteiger partial charge is 0.302 e. The number of hydrogen-bond donors (Lipinski definition) is 0. The van der Waals surface area contributed by atoms with Gasteiger partial charge < -0.3 is 9.80 Å². The Balaban J connectivity index is 1.33. The standard InChI is InChI=1S/C42H22N8S2/c43-23-31(24-44)37(27-47)39-19-21-41(51-39)49(33-7-3-1-4-8-33)35-15-11-29(12-16-35)30-13-17-36(18-14-30)50(34-9-5-2-6-10-34)42-22-20-40(52-42)38(28-48)32(25-45)26-46/h1-22H. The number of rotatable bonds is 9. The molecule has 0 saturated heterocycles. The number of nitriles is 6. The molecule has 10 heteroatoms. The number of thiophene rings is 2. The molecule has 2 heterocycles. The van der Waals surface area contributed by atoms with Crippen LogP contribution in [0.1, 0.15) is 9.75 Å². The first kappa shape index (κ1) is 34.2. The number of anilines is 6. The quantitative estimate of drug-likeness (QED) is 0.135. The number of hydrogen-bond acceptors (Lipinski definition) is 10. The molecule has 0 amide bonds. The Morgan fingerprint density at radius 1 is 0.365 bits per heavy atom. The molecule has 0 aliphatic carbocycles. The van der Waals surface area contributed by atoms with Gasteiger partial charge in [-0.2, -0.15) is 31.6 Å². The highest BCUT2D eigenvalue weighted by Gasteiger charge is 2.20. The fourth-order valence-corrected chi connectivity index (χ4v) is 7.57. The summed E-state index contributed by atoms with van der Waals surface area (Å²) in [7, 11) is 0. The van der Waals surface area contributed by atoms with Crippen LogP contribution in [0.15, 0.2) is 145 Å². The molecular formula is C42H22N8S2. The van der Waals surface area contributed by atoms with Crippen LogP contribution < -0.4 is 9.80 Å². The average molecular weight is 703 g/mol. The molecule has 0 bridgehead atoms. The van der Waals surface area contributed by atoms with Gasteiger partial charge in [-0.1, -0.05) is 60.7 Å². The van der Waals surface area contributed by atoms with Crippen molar-refractivity contribution in [2.45, 2.75) is 0 Å². The second kappa shape index (κ2) is 15.7. The molecule has 52 heavy (non-hydrogen) atoms. The Morgan fingerprint density at radius 2 is 0.692 bits per heavy atom. The maximum Gasteiger partial charge on any atom is 0.148 e. The van der Waals surface area contributed by atoms with Gasteiger partial charge in [-0.3, -0.25) is 0 Å². The lowest BCUT2D eigenvalue weighted by atomic mass is 10.0. The van der Waals surface area contributed by atoms with E-state index >= 15 is 0 Å². The molecule has 0 aliphatic heterocycles. The van der Waals surface area contributed by atoms with Crippen molar-refractivity contribution < 1.29 is 0 Å². The van der Waals surface area contributed by atoms with E-state index in [0.717, 1.165) is 43.9 Å². The number of nitrogens with zero attached hydrogens (tertiary/aromatic N) is 8. The molecule has 8 nitrogen and oxygen atoms in total. The van der Waals surface area contributed by atoms with E-state index in [-0.39, 0.29) is 22.3 Å². The molecule has 2 aromatic heterocycles. The summed E-state index contributed by atoms with van der Waals surface area (Å²) in [6.45, 7) is 0. The molecule has 6 rings (SSSR count). The zero-order valence-corrected chi connectivity index (χ0v) is 28.7. The van der Waals surface area contributed by atoms with Gasteiger partial charge in [0, 0.05) is 32.5 Å². The third-order valence-corrected chi connectivity index (χ3v) is 10.1. The lowest BCUT2D eigenvalue weighted by Gasteiger charge is -2.24. The van der Waals surface area contributed by atoms with E-state index in [2.05, 4.69) is 9.80 Å². The van der Waals surface area contributed by atoms with E-state index < -0.39 is 0 Å². The van der Waals surface area contributed by atoms with Crippen LogP contribution in [0.2, 0.25) is 0 Å². The van der Waals surface area contributed by atoms with Gasteiger partial charge in [0.15, 0.2) is 0 Å². The molecule has 242 valence electrons. The van der Waals surface area contributed by atoms with Crippen LogP contribution in [0.3, 0.4) is 0 Å². The zero-order valence-electron chi connectivity index (χ0n) is 27.1. The van der Waals surface area contributed by atoms with Crippen molar-refractivity contribution in [3.05, 3.63) is 154 Å². The Morgan fingerprint density at radius 3 is 1.00 bits per heavy atom. The zero-order chi connectivity index (χ0) is 36.5. The molecular weight excluding hydrogens is 681 g/mol. The predicted octanol–water partition coefficient (Wildman–Crippen LogP) is 11.1. The van der Waals surface area contributed by atoms with E-state index in [1.807, 2.05) is 158 Å². The first-order chi connectivity index (χ1) is 25.5. The minimum atomic E-state index is -0.223. The number of benzene rings is 4. The average Bonchev–Trinajstić information content (AvgIpc) is 3.88. The van der Waals surface area contributed by atoms with Crippen LogP contribution in [-0.2, 0) is 0 Å². The molecule has 4 aromatic carbocycles. The molecule has 0 atom stereocenters. The van der Waals surface area contributed by atoms with E-state index in [9.17, 15) is 31.6 Å². The van der Waals surface area contributed by atoms with Gasteiger partial charge in [-0.05, 0) is 83.9 Å². The van der Waals surface area contributed by atoms with Crippen LogP contribution in [0.5, 0.6) is 0 Å². The first-order valence-electron chi connectivity index (χ1n) is 15.5. The second-order valence-electron chi connectivity index (χ2n) is 10.9. The second-order valence-corrected chi connectivity index (χ2v) is 13.0. The van der Waals surface area contributed by atoms with Crippen LogP contribution in [-0.4, -0.2) is 0 Å². The van der Waals surface area contributed by atoms with Crippen molar-refractivity contribution in [1.82, 2.24) is 0 Å². The Labute approximate surface area is 308 Å². The maximum atomic E-state index is 9.71. The smallest absolute Gasteiger partial charge is 0.148 e. The Kier molecular flexibility index (Phi) is 10.3. The van der Waals surface area contributed by atoms with Crippen molar-refractivity contribution in [2.75, 3.05) is 9.80 Å². The summed E-state index contributed by atoms with van der Waals surface area (Å²) >= 11 is 2.65. The van der Waals surface area contributed by atoms with Gasteiger partial charge in [0.2, 0.25) is 0 Å². The molecule has 0 saturated carbocycles. The SMILES string of the molecule is N#CC(C#N)=C(C#N)c1ccc(N(c2ccccc2)c2ccc(-c3ccc(N(c4ccccc4)c4ccc(C(C#N)=C(C#N)C#N)s4)cc3)cc2)s1. The normalized spacial score (nSPS) is 9.81. The van der Waals surface area contributed by atoms with Gasteiger partial charge in [0.1, 0.15) is 57.6 Å². The fraction of sp³-hybridized carbons (Fsp3) is 0. The third kappa shape index (κ3) is 6.89. The molecule has 0 radical (unpaired) electrons. The summed E-state index contributed by atoms with van der Waals surface area (Å²) in [5.74, 6) is 0. The molecule has 0 unspecified atom stereocenters. The van der Waals surface area contributed by atoms with Crippen LogP contribution in [0.4, 0.5) is 32.8 Å². The predicted molar refractivity (Wildman–Crippen MR) is 205 cm³/mol. The van der Waals surface area contributed by atoms with Crippen molar-refractivity contribution in [3.63, 3.8) is 0 Å². The number of allylic oxidation sites excluding steroid dienone is 4. The maximum absolute atomic E-state index is 9.71. The highest BCUT2D eigenvalue weighted by atomic mass is 32.1. The minimum absolute atomic E-state index is 0.0503. The Bertz CT molecular complexity index is 2360. The minimum Gasteiger partial charge on any atom is -0.302 e. The molecule has 6 aromatic rings. The highest BCUT2D eigenvalue weighted by Crippen LogP contribution is 2.43. The van der Waals surface area contributed by atoms with Crippen LogP contribution in [0.25, 0.3) is 22.3 Å². The summed E-state index contributed by atoms with van der Waals surface area (Å²) in [5.41, 5.74) is 5.22. The highest BCUT2D eigenvalue weighted by molar-refractivity contribution is 7.17. The fourth-order valence-electron chi connectivity index (χ4n) is 5.47. The van der Waals surface area contributed by atoms with Crippen LogP contribution in [0, 0.1) is 68.0 Å². The summed E-state index contributed by atoms with van der Waals surface area (Å²) in [6.07, 6.45) is 0. The third-order valence-electron chi connectivity index (χ3n) is 7.90.